The van der Waals surface area contributed by atoms with Crippen LogP contribution >= 0.6 is 0 Å². The van der Waals surface area contributed by atoms with Crippen LogP contribution in [-0.2, 0) is 6.54 Å². The molecule has 0 aliphatic carbocycles. The van der Waals surface area contributed by atoms with Crippen molar-refractivity contribution in [3.8, 4) is 0 Å². The number of hydrogen-bond acceptors (Lipinski definition) is 4. The highest BCUT2D eigenvalue weighted by molar-refractivity contribution is 5.98. The Morgan fingerprint density at radius 3 is 2.81 bits per heavy atom. The van der Waals surface area contributed by atoms with Gasteiger partial charge in [-0.05, 0) is 48.4 Å². The van der Waals surface area contributed by atoms with Gasteiger partial charge in [-0.3, -0.25) is 9.20 Å². The maximum atomic E-state index is 13.3. The van der Waals surface area contributed by atoms with Gasteiger partial charge in [0.25, 0.3) is 5.91 Å². The lowest BCUT2D eigenvalue weighted by atomic mass is 10.1. The average molecular weight is 363 g/mol. The summed E-state index contributed by atoms with van der Waals surface area (Å²) in [6.07, 6.45) is 3.29. The maximum absolute atomic E-state index is 13.3. The fourth-order valence-electron chi connectivity index (χ4n) is 3.19. The monoisotopic (exact) mass is 363 g/mol. The molecule has 7 heteroatoms. The zero-order valence-corrected chi connectivity index (χ0v) is 15.0. The van der Waals surface area contributed by atoms with Gasteiger partial charge in [0.1, 0.15) is 17.2 Å². The first-order chi connectivity index (χ1) is 12.9. The van der Waals surface area contributed by atoms with Gasteiger partial charge in [0.05, 0.1) is 23.6 Å². The Bertz CT molecular complexity index is 1180. The quantitative estimate of drug-likeness (QED) is 0.606. The molecule has 0 saturated heterocycles. The molecule has 0 atom stereocenters. The fourth-order valence-corrected chi connectivity index (χ4v) is 3.19. The van der Waals surface area contributed by atoms with Crippen LogP contribution in [0.2, 0.25) is 0 Å². The van der Waals surface area contributed by atoms with Crippen molar-refractivity contribution in [1.29, 1.82) is 0 Å². The number of amides is 1. The van der Waals surface area contributed by atoms with Crippen molar-refractivity contribution in [1.82, 2.24) is 19.3 Å². The number of nitrogens with two attached hydrogens (primary N) is 1. The molecule has 0 fully saturated rings. The molecule has 0 bridgehead atoms. The van der Waals surface area contributed by atoms with E-state index in [4.69, 9.17) is 5.73 Å². The molecule has 0 aliphatic heterocycles. The van der Waals surface area contributed by atoms with Crippen molar-refractivity contribution in [2.24, 2.45) is 0 Å². The minimum atomic E-state index is -0.282. The highest BCUT2D eigenvalue weighted by atomic mass is 19.1. The number of fused-ring (bicyclic) bond motifs is 3. The summed E-state index contributed by atoms with van der Waals surface area (Å²) in [5.41, 5.74) is 10.3. The van der Waals surface area contributed by atoms with Gasteiger partial charge < -0.3 is 10.6 Å². The second-order valence-electron chi connectivity index (χ2n) is 6.58. The molecule has 0 radical (unpaired) electrons. The van der Waals surface area contributed by atoms with Crippen LogP contribution < -0.4 is 5.73 Å². The van der Waals surface area contributed by atoms with Crippen LogP contribution in [0, 0.1) is 12.7 Å². The summed E-state index contributed by atoms with van der Waals surface area (Å²) in [6.45, 7) is 2.22. The molecule has 4 rings (SSSR count). The van der Waals surface area contributed by atoms with E-state index in [1.807, 2.05) is 11.3 Å². The number of benzene rings is 2. The van der Waals surface area contributed by atoms with Crippen molar-refractivity contribution in [3.05, 3.63) is 71.4 Å². The molecule has 1 amide bonds. The third-order valence-corrected chi connectivity index (χ3v) is 4.68. The van der Waals surface area contributed by atoms with Gasteiger partial charge in [-0.15, -0.1) is 0 Å². The topological polar surface area (TPSA) is 76.5 Å². The summed E-state index contributed by atoms with van der Waals surface area (Å²) in [7, 11) is 1.73. The van der Waals surface area contributed by atoms with Gasteiger partial charge in [0.2, 0.25) is 0 Å². The molecule has 2 heterocycles. The van der Waals surface area contributed by atoms with Crippen molar-refractivity contribution >= 4 is 28.3 Å². The third kappa shape index (κ3) is 2.97. The molecule has 2 N–H and O–H groups in total. The number of hydrogen-bond donors (Lipinski definition) is 1. The first-order valence-corrected chi connectivity index (χ1v) is 8.46. The Kier molecular flexibility index (Phi) is 3.99. The van der Waals surface area contributed by atoms with Gasteiger partial charge in [0, 0.05) is 19.2 Å². The molecule has 0 unspecified atom stereocenters. The standard InChI is InChI=1S/C20H18FN5O/c1-12-7-15(21)5-3-14(12)10-25(2)20(27)13-4-6-16-17(8-13)26-11-23-9-18(26)19(22)24-16/h3-9,11H,10H2,1-2H3,(H2,22,24). The number of nitrogens with zero attached hydrogens (tertiary/aromatic N) is 4. The Balaban J connectivity index is 1.68. The van der Waals surface area contributed by atoms with Gasteiger partial charge in [-0.1, -0.05) is 6.07 Å². The average Bonchev–Trinajstić information content (AvgIpc) is 3.14. The van der Waals surface area contributed by atoms with E-state index in [-0.39, 0.29) is 11.7 Å². The van der Waals surface area contributed by atoms with Crippen LogP contribution in [0.5, 0.6) is 0 Å². The number of anilines is 1. The summed E-state index contributed by atoms with van der Waals surface area (Å²) in [6, 6.07) is 9.87. The summed E-state index contributed by atoms with van der Waals surface area (Å²) < 4.78 is 15.1. The van der Waals surface area contributed by atoms with Crippen LogP contribution in [0.25, 0.3) is 16.6 Å². The van der Waals surface area contributed by atoms with Crippen molar-refractivity contribution in [2.45, 2.75) is 13.5 Å². The number of carbonyl (C=O) groups excluding carboxylic acids is 1. The van der Waals surface area contributed by atoms with Crippen molar-refractivity contribution in [3.63, 3.8) is 0 Å². The Morgan fingerprint density at radius 1 is 1.22 bits per heavy atom. The normalized spacial score (nSPS) is 11.2. The van der Waals surface area contributed by atoms with E-state index in [0.717, 1.165) is 16.6 Å². The van der Waals surface area contributed by atoms with Crippen LogP contribution in [-0.4, -0.2) is 32.2 Å². The second-order valence-corrected chi connectivity index (χ2v) is 6.58. The summed E-state index contributed by atoms with van der Waals surface area (Å²) in [5, 5.41) is 0. The molecule has 4 aromatic rings. The van der Waals surface area contributed by atoms with Crippen LogP contribution in [0.1, 0.15) is 21.5 Å². The van der Waals surface area contributed by atoms with Gasteiger partial charge in [-0.25, -0.2) is 14.4 Å². The Morgan fingerprint density at radius 2 is 2.04 bits per heavy atom. The molecular formula is C20H18FN5O. The zero-order valence-electron chi connectivity index (χ0n) is 15.0. The number of carbonyl (C=O) groups is 1. The van der Waals surface area contributed by atoms with E-state index in [0.29, 0.717) is 29.0 Å². The molecule has 6 nitrogen and oxygen atoms in total. The number of halogens is 1. The molecule has 2 aromatic carbocycles. The summed E-state index contributed by atoms with van der Waals surface area (Å²) in [4.78, 5) is 23.0. The lowest BCUT2D eigenvalue weighted by molar-refractivity contribution is 0.0785. The zero-order chi connectivity index (χ0) is 19.1. The third-order valence-electron chi connectivity index (χ3n) is 4.68. The molecule has 0 saturated carbocycles. The maximum Gasteiger partial charge on any atom is 0.253 e. The van der Waals surface area contributed by atoms with E-state index >= 15 is 0 Å². The smallest absolute Gasteiger partial charge is 0.253 e. The largest absolute Gasteiger partial charge is 0.382 e. The predicted octanol–water partition coefficient (Wildman–Crippen LogP) is 3.18. The van der Waals surface area contributed by atoms with E-state index in [2.05, 4.69) is 9.97 Å². The summed E-state index contributed by atoms with van der Waals surface area (Å²) >= 11 is 0. The minimum absolute atomic E-state index is 0.134. The lowest BCUT2D eigenvalue weighted by Crippen LogP contribution is -2.26. The minimum Gasteiger partial charge on any atom is -0.382 e. The fraction of sp³-hybridized carbons (Fsp3) is 0.150. The Hall–Kier alpha value is -3.48. The van der Waals surface area contributed by atoms with E-state index < -0.39 is 0 Å². The molecule has 0 aliphatic rings. The predicted molar refractivity (Wildman–Crippen MR) is 102 cm³/mol. The van der Waals surface area contributed by atoms with Crippen LogP contribution in [0.4, 0.5) is 10.2 Å². The van der Waals surface area contributed by atoms with Crippen LogP contribution in [0.3, 0.4) is 0 Å². The van der Waals surface area contributed by atoms with Gasteiger partial charge in [0.15, 0.2) is 0 Å². The number of imidazole rings is 1. The van der Waals surface area contributed by atoms with Crippen molar-refractivity contribution < 1.29 is 9.18 Å². The molecule has 136 valence electrons. The molecule has 0 spiro atoms. The number of aryl methyl sites for hydroxylation is 1. The molecule has 27 heavy (non-hydrogen) atoms. The first kappa shape index (κ1) is 17.0. The van der Waals surface area contributed by atoms with Crippen LogP contribution in [0.15, 0.2) is 48.9 Å². The number of nitrogen functional groups attached to an aromatic ring is 1. The van der Waals surface area contributed by atoms with E-state index in [1.165, 1.54) is 12.1 Å². The van der Waals surface area contributed by atoms with E-state index in [9.17, 15) is 9.18 Å². The number of aromatic nitrogens is 3. The molecule has 2 aromatic heterocycles. The SMILES string of the molecule is Cc1cc(F)ccc1CN(C)C(=O)c1ccc2nc(N)c3cncn3c2c1. The number of rotatable bonds is 3. The van der Waals surface area contributed by atoms with E-state index in [1.54, 1.807) is 48.7 Å². The van der Waals surface area contributed by atoms with Gasteiger partial charge in [-0.2, -0.15) is 0 Å². The lowest BCUT2D eigenvalue weighted by Gasteiger charge is -2.19. The van der Waals surface area contributed by atoms with Crippen molar-refractivity contribution in [2.75, 3.05) is 12.8 Å². The second kappa shape index (κ2) is 6.35. The Labute approximate surface area is 155 Å². The highest BCUT2D eigenvalue weighted by Gasteiger charge is 2.15. The van der Waals surface area contributed by atoms with Gasteiger partial charge >= 0.3 is 0 Å². The highest BCUT2D eigenvalue weighted by Crippen LogP contribution is 2.21. The first-order valence-electron chi connectivity index (χ1n) is 8.46. The summed E-state index contributed by atoms with van der Waals surface area (Å²) in [5.74, 6) is -0.0235. The molecular weight excluding hydrogens is 345 g/mol.